The maximum absolute atomic E-state index is 12.0. The number of ether oxygens (including phenoxy) is 2. The Morgan fingerprint density at radius 1 is 1.11 bits per heavy atom. The van der Waals surface area contributed by atoms with E-state index in [1.165, 1.54) is 7.11 Å². The molecule has 5 nitrogen and oxygen atoms in total. The van der Waals surface area contributed by atoms with Crippen LogP contribution in [0.1, 0.15) is 5.69 Å². The number of aryl methyl sites for hydroxylation is 1. The molecule has 0 saturated heterocycles. The van der Waals surface area contributed by atoms with Gasteiger partial charge >= 0.3 is 5.63 Å². The summed E-state index contributed by atoms with van der Waals surface area (Å²) in [6, 6.07) is 7.09. The summed E-state index contributed by atoms with van der Waals surface area (Å²) < 4.78 is 17.6. The van der Waals surface area contributed by atoms with E-state index in [2.05, 4.69) is 0 Å². The van der Waals surface area contributed by atoms with E-state index in [1.54, 1.807) is 25.3 Å². The Morgan fingerprint density at radius 2 is 1.79 bits per heavy atom. The minimum Gasteiger partial charge on any atom is -0.493 e. The number of hydrogen-bond acceptors (Lipinski definition) is 4. The summed E-state index contributed by atoms with van der Waals surface area (Å²) in [5, 5.41) is 0.462. The summed E-state index contributed by atoms with van der Waals surface area (Å²) in [5.74, 6) is 1.08. The van der Waals surface area contributed by atoms with Gasteiger partial charge in [-0.05, 0) is 13.0 Å². The van der Waals surface area contributed by atoms with Crippen molar-refractivity contribution in [3.63, 3.8) is 0 Å². The summed E-state index contributed by atoms with van der Waals surface area (Å²) in [4.78, 5) is 12.0. The van der Waals surface area contributed by atoms with Crippen molar-refractivity contribution in [1.29, 1.82) is 0 Å². The topological polar surface area (TPSA) is 53.1 Å². The second-order valence-electron chi connectivity index (χ2n) is 4.26. The highest BCUT2D eigenvalue weighted by Gasteiger charge is 2.13. The predicted octanol–water partition coefficient (Wildman–Crippen LogP) is 2.37. The van der Waals surface area contributed by atoms with Crippen molar-refractivity contribution < 1.29 is 13.9 Å². The summed E-state index contributed by atoms with van der Waals surface area (Å²) >= 11 is 0. The molecule has 0 amide bonds. The third-order valence-corrected chi connectivity index (χ3v) is 3.20. The third kappa shape index (κ3) is 1.58. The van der Waals surface area contributed by atoms with E-state index < -0.39 is 0 Å². The first kappa shape index (κ1) is 11.6. The molecule has 0 unspecified atom stereocenters. The van der Waals surface area contributed by atoms with Gasteiger partial charge in [0.1, 0.15) is 0 Å². The van der Waals surface area contributed by atoms with Crippen LogP contribution in [0.2, 0.25) is 0 Å². The van der Waals surface area contributed by atoms with Gasteiger partial charge in [0.05, 0.1) is 25.1 Å². The quantitative estimate of drug-likeness (QED) is 0.709. The molecule has 3 aromatic rings. The first-order valence-electron chi connectivity index (χ1n) is 5.82. The Labute approximate surface area is 109 Å². The van der Waals surface area contributed by atoms with Crippen LogP contribution >= 0.6 is 0 Å². The highest BCUT2D eigenvalue weighted by atomic mass is 16.5. The highest BCUT2D eigenvalue weighted by Crippen LogP contribution is 2.31. The molecular weight excluding hydrogens is 246 g/mol. The Hall–Kier alpha value is -2.43. The number of fused-ring (bicyclic) bond motifs is 3. The number of benzene rings is 1. The number of hydrogen-bond donors (Lipinski definition) is 0. The molecule has 0 fully saturated rings. The number of methoxy groups -OCH3 is 2. The predicted molar refractivity (Wildman–Crippen MR) is 71.3 cm³/mol. The Morgan fingerprint density at radius 3 is 2.47 bits per heavy atom. The molecule has 0 radical (unpaired) electrons. The van der Waals surface area contributed by atoms with Crippen molar-refractivity contribution in [2.75, 3.05) is 14.2 Å². The minimum absolute atomic E-state index is 0.387. The number of nitrogens with zero attached hydrogens (tertiary/aromatic N) is 1. The van der Waals surface area contributed by atoms with Crippen LogP contribution in [0, 0.1) is 6.92 Å². The zero-order valence-electron chi connectivity index (χ0n) is 10.9. The van der Waals surface area contributed by atoms with Crippen molar-refractivity contribution in [1.82, 2.24) is 4.40 Å². The van der Waals surface area contributed by atoms with E-state index in [9.17, 15) is 4.79 Å². The third-order valence-electron chi connectivity index (χ3n) is 3.20. The lowest BCUT2D eigenvalue weighted by molar-refractivity contribution is 0.355. The van der Waals surface area contributed by atoms with E-state index in [4.69, 9.17) is 13.9 Å². The van der Waals surface area contributed by atoms with Gasteiger partial charge in [0, 0.05) is 23.9 Å². The maximum Gasteiger partial charge on any atom is 0.347 e. The molecule has 5 heteroatoms. The van der Waals surface area contributed by atoms with Gasteiger partial charge in [-0.15, -0.1) is 0 Å². The fourth-order valence-electron chi connectivity index (χ4n) is 2.27. The standard InChI is InChI=1S/C14H13NO4/c1-8-4-5-13-15(8)10-7-12(18-3)11(17-2)6-9(10)14(16)19-13/h4-7H,1-3H3. The number of aromatic nitrogens is 1. The second-order valence-corrected chi connectivity index (χ2v) is 4.26. The Bertz CT molecular complexity index is 829. The average Bonchev–Trinajstić information content (AvgIpc) is 2.78. The molecular formula is C14H13NO4. The summed E-state index contributed by atoms with van der Waals surface area (Å²) in [6.07, 6.45) is 0. The van der Waals surface area contributed by atoms with Crippen molar-refractivity contribution in [3.8, 4) is 11.5 Å². The van der Waals surface area contributed by atoms with Gasteiger partial charge in [-0.25, -0.2) is 4.79 Å². The van der Waals surface area contributed by atoms with Crippen LogP contribution in [0.15, 0.2) is 33.5 Å². The van der Waals surface area contributed by atoms with Crippen molar-refractivity contribution >= 4 is 16.6 Å². The second kappa shape index (κ2) is 4.05. The largest absolute Gasteiger partial charge is 0.493 e. The Kier molecular flexibility index (Phi) is 2.48. The normalized spacial score (nSPS) is 11.1. The molecule has 98 valence electrons. The van der Waals surface area contributed by atoms with Gasteiger partial charge in [0.2, 0.25) is 5.71 Å². The van der Waals surface area contributed by atoms with Crippen LogP contribution in [0.4, 0.5) is 0 Å². The van der Waals surface area contributed by atoms with Crippen molar-refractivity contribution in [2.24, 2.45) is 0 Å². The molecule has 0 N–H and O–H groups in total. The molecule has 0 aliphatic heterocycles. The van der Waals surface area contributed by atoms with Gasteiger partial charge in [-0.1, -0.05) is 0 Å². The molecule has 2 aromatic heterocycles. The van der Waals surface area contributed by atoms with Gasteiger partial charge in [-0.2, -0.15) is 0 Å². The first-order valence-corrected chi connectivity index (χ1v) is 5.82. The molecule has 0 aliphatic rings. The molecule has 3 rings (SSSR count). The van der Waals surface area contributed by atoms with Crippen LogP contribution in [0.5, 0.6) is 11.5 Å². The number of rotatable bonds is 2. The smallest absolute Gasteiger partial charge is 0.347 e. The van der Waals surface area contributed by atoms with Crippen LogP contribution in [-0.2, 0) is 0 Å². The lowest BCUT2D eigenvalue weighted by Crippen LogP contribution is -2.05. The molecule has 19 heavy (non-hydrogen) atoms. The lowest BCUT2D eigenvalue weighted by atomic mass is 10.2. The minimum atomic E-state index is -0.387. The fraction of sp³-hybridized carbons (Fsp3) is 0.214. The Balaban J connectivity index is 2.55. The van der Waals surface area contributed by atoms with Crippen LogP contribution in [-0.4, -0.2) is 18.6 Å². The van der Waals surface area contributed by atoms with E-state index in [0.29, 0.717) is 22.6 Å². The lowest BCUT2D eigenvalue weighted by Gasteiger charge is -2.10. The molecule has 0 bridgehead atoms. The van der Waals surface area contributed by atoms with E-state index in [-0.39, 0.29) is 5.63 Å². The van der Waals surface area contributed by atoms with Crippen molar-refractivity contribution in [3.05, 3.63) is 40.4 Å². The summed E-state index contributed by atoms with van der Waals surface area (Å²) in [6.45, 7) is 1.95. The first-order chi connectivity index (χ1) is 9.15. The summed E-state index contributed by atoms with van der Waals surface area (Å²) in [7, 11) is 3.10. The van der Waals surface area contributed by atoms with Gasteiger partial charge < -0.3 is 13.9 Å². The van der Waals surface area contributed by atoms with E-state index >= 15 is 0 Å². The zero-order chi connectivity index (χ0) is 13.6. The molecule has 1 aromatic carbocycles. The van der Waals surface area contributed by atoms with Crippen LogP contribution in [0.25, 0.3) is 16.6 Å². The van der Waals surface area contributed by atoms with Gasteiger partial charge in [-0.3, -0.25) is 4.40 Å². The average molecular weight is 259 g/mol. The SMILES string of the molecule is COc1cc2c(=O)oc3ccc(C)n3c2cc1OC. The monoisotopic (exact) mass is 259 g/mol. The highest BCUT2D eigenvalue weighted by molar-refractivity contribution is 5.84. The fourth-order valence-corrected chi connectivity index (χ4v) is 2.27. The van der Waals surface area contributed by atoms with Crippen LogP contribution in [0.3, 0.4) is 0 Å². The molecule has 0 spiro atoms. The molecule has 0 saturated carbocycles. The van der Waals surface area contributed by atoms with Crippen LogP contribution < -0.4 is 15.1 Å². The maximum atomic E-state index is 12.0. The van der Waals surface area contributed by atoms with Crippen molar-refractivity contribution in [2.45, 2.75) is 6.92 Å². The van der Waals surface area contributed by atoms with E-state index in [0.717, 1.165) is 11.2 Å². The van der Waals surface area contributed by atoms with E-state index in [1.807, 2.05) is 17.4 Å². The molecule has 2 heterocycles. The molecule has 0 atom stereocenters. The molecule has 0 aliphatic carbocycles. The zero-order valence-corrected chi connectivity index (χ0v) is 10.9. The summed E-state index contributed by atoms with van der Waals surface area (Å²) in [5.41, 5.74) is 1.85. The van der Waals surface area contributed by atoms with Gasteiger partial charge in [0.15, 0.2) is 11.5 Å². The van der Waals surface area contributed by atoms with Gasteiger partial charge in [0.25, 0.3) is 0 Å².